The van der Waals surface area contributed by atoms with E-state index in [1.54, 1.807) is 0 Å². The van der Waals surface area contributed by atoms with Crippen LogP contribution in [0.15, 0.2) is 36.4 Å². The summed E-state index contributed by atoms with van der Waals surface area (Å²) < 4.78 is 0. The molecular formula is C14H9N5O8S. The van der Waals surface area contributed by atoms with E-state index < -0.39 is 43.4 Å². The fraction of sp³-hybridized carbons (Fsp3) is 0. The van der Waals surface area contributed by atoms with Crippen molar-refractivity contribution in [1.82, 2.24) is 5.32 Å². The number of phenolic OH excluding ortho intramolecular Hbond substituents is 1. The van der Waals surface area contributed by atoms with Crippen LogP contribution < -0.4 is 10.6 Å². The molecule has 0 fully saturated rings. The van der Waals surface area contributed by atoms with Gasteiger partial charge in [-0.1, -0.05) is 0 Å². The number of nitro benzene ring substituents is 3. The molecule has 0 bridgehead atoms. The van der Waals surface area contributed by atoms with Crippen LogP contribution in [0.2, 0.25) is 0 Å². The molecule has 144 valence electrons. The normalized spacial score (nSPS) is 10.0. The van der Waals surface area contributed by atoms with E-state index in [0.717, 1.165) is 30.3 Å². The number of nitrogens with zero attached hydrogens (tertiary/aromatic N) is 3. The molecule has 0 aliphatic heterocycles. The summed E-state index contributed by atoms with van der Waals surface area (Å²) in [6.07, 6.45) is 0. The van der Waals surface area contributed by atoms with Crippen LogP contribution in [0.5, 0.6) is 5.75 Å². The Balaban J connectivity index is 2.18. The van der Waals surface area contributed by atoms with Gasteiger partial charge in [0.15, 0.2) is 5.11 Å². The van der Waals surface area contributed by atoms with Gasteiger partial charge in [-0.25, -0.2) is 0 Å². The fourth-order valence-electron chi connectivity index (χ4n) is 2.01. The molecule has 3 N–H and O–H groups in total. The maximum atomic E-state index is 12.2. The number of hydrogen-bond donors (Lipinski definition) is 3. The van der Waals surface area contributed by atoms with E-state index in [1.807, 2.05) is 0 Å². The number of nitro groups is 3. The molecule has 0 heterocycles. The van der Waals surface area contributed by atoms with Crippen molar-refractivity contribution in [2.75, 3.05) is 5.32 Å². The third-order valence-corrected chi connectivity index (χ3v) is 3.46. The number of amides is 1. The van der Waals surface area contributed by atoms with Gasteiger partial charge in [-0.2, -0.15) is 0 Å². The molecule has 0 spiro atoms. The van der Waals surface area contributed by atoms with Gasteiger partial charge in [0, 0.05) is 18.2 Å². The molecule has 0 radical (unpaired) electrons. The van der Waals surface area contributed by atoms with Crippen molar-refractivity contribution >= 4 is 46.0 Å². The molecule has 14 heteroatoms. The first kappa shape index (κ1) is 20.1. The molecule has 0 aliphatic rings. The minimum Gasteiger partial charge on any atom is -0.506 e. The number of thiocarbonyl (C=S) groups is 1. The molecule has 0 atom stereocenters. The first-order chi connectivity index (χ1) is 13.1. The summed E-state index contributed by atoms with van der Waals surface area (Å²) in [5, 5.41) is 46.3. The Labute approximate surface area is 160 Å². The quantitative estimate of drug-likeness (QED) is 0.286. The predicted octanol–water partition coefficient (Wildman–Crippen LogP) is 2.24. The molecule has 2 aromatic carbocycles. The highest BCUT2D eigenvalue weighted by molar-refractivity contribution is 7.80. The first-order valence-corrected chi connectivity index (χ1v) is 7.53. The largest absolute Gasteiger partial charge is 0.506 e. The van der Waals surface area contributed by atoms with E-state index in [0.29, 0.717) is 6.07 Å². The number of aromatic hydroxyl groups is 1. The number of non-ortho nitro benzene ring substituents is 3. The van der Waals surface area contributed by atoms with E-state index in [4.69, 9.17) is 12.2 Å². The van der Waals surface area contributed by atoms with Gasteiger partial charge in [0.05, 0.1) is 38.2 Å². The van der Waals surface area contributed by atoms with Crippen molar-refractivity contribution < 1.29 is 24.7 Å². The van der Waals surface area contributed by atoms with Gasteiger partial charge in [-0.3, -0.25) is 40.5 Å². The Hall–Kier alpha value is -4.20. The van der Waals surface area contributed by atoms with Crippen LogP contribution in [0, 0.1) is 30.3 Å². The van der Waals surface area contributed by atoms with Crippen LogP contribution in [-0.2, 0) is 0 Å². The van der Waals surface area contributed by atoms with Crippen LogP contribution in [0.25, 0.3) is 0 Å². The number of nitrogens with one attached hydrogen (secondary N) is 2. The maximum Gasteiger partial charge on any atom is 0.277 e. The van der Waals surface area contributed by atoms with Crippen LogP contribution in [-0.4, -0.2) is 30.9 Å². The van der Waals surface area contributed by atoms with Crippen molar-refractivity contribution in [3.05, 3.63) is 72.3 Å². The summed E-state index contributed by atoms with van der Waals surface area (Å²) in [6, 6.07) is 5.43. The summed E-state index contributed by atoms with van der Waals surface area (Å²) in [5.41, 5.74) is -2.14. The lowest BCUT2D eigenvalue weighted by molar-refractivity contribution is -0.394. The molecule has 0 saturated heterocycles. The maximum absolute atomic E-state index is 12.2. The third kappa shape index (κ3) is 4.70. The second kappa shape index (κ2) is 8.00. The van der Waals surface area contributed by atoms with Crippen molar-refractivity contribution in [3.8, 4) is 5.75 Å². The summed E-state index contributed by atoms with van der Waals surface area (Å²) in [5.74, 6) is -1.50. The number of carbonyl (C=O) groups is 1. The molecule has 0 unspecified atom stereocenters. The Bertz CT molecular complexity index is 993. The smallest absolute Gasteiger partial charge is 0.277 e. The van der Waals surface area contributed by atoms with Crippen LogP contribution in [0.4, 0.5) is 22.7 Å². The lowest BCUT2D eigenvalue weighted by Crippen LogP contribution is -2.34. The van der Waals surface area contributed by atoms with Gasteiger partial charge in [-0.15, -0.1) is 0 Å². The van der Waals surface area contributed by atoms with Crippen LogP contribution in [0.3, 0.4) is 0 Å². The highest BCUT2D eigenvalue weighted by atomic mass is 32.1. The SMILES string of the molecule is O=C(NC(=S)Nc1ccc([N+](=O)[O-])cc1O)c1cc([N+](=O)[O-])cc([N+](=O)[O-])c1. The third-order valence-electron chi connectivity index (χ3n) is 3.25. The van der Waals surface area contributed by atoms with Crippen LogP contribution >= 0.6 is 12.2 Å². The molecular weight excluding hydrogens is 398 g/mol. The highest BCUT2D eigenvalue weighted by Crippen LogP contribution is 2.28. The van der Waals surface area contributed by atoms with Crippen molar-refractivity contribution in [2.45, 2.75) is 0 Å². The molecule has 13 nitrogen and oxygen atoms in total. The Kier molecular flexibility index (Phi) is 5.75. The van der Waals surface area contributed by atoms with Gasteiger partial charge in [0.25, 0.3) is 23.0 Å². The molecule has 2 aromatic rings. The number of hydrogen-bond acceptors (Lipinski definition) is 9. The number of carbonyl (C=O) groups excluding carboxylic acids is 1. The average Bonchev–Trinajstić information content (AvgIpc) is 2.62. The Morgan fingerprint density at radius 3 is 1.89 bits per heavy atom. The van der Waals surface area contributed by atoms with Gasteiger partial charge in [-0.05, 0) is 18.3 Å². The minimum atomic E-state index is -0.981. The lowest BCUT2D eigenvalue weighted by Gasteiger charge is -2.10. The van der Waals surface area contributed by atoms with Crippen molar-refractivity contribution in [2.24, 2.45) is 0 Å². The average molecular weight is 407 g/mol. The van der Waals surface area contributed by atoms with Gasteiger partial charge >= 0.3 is 0 Å². The monoisotopic (exact) mass is 407 g/mol. The summed E-state index contributed by atoms with van der Waals surface area (Å²) in [4.78, 5) is 42.0. The van der Waals surface area contributed by atoms with Crippen molar-refractivity contribution in [1.29, 1.82) is 0 Å². The zero-order valence-electron chi connectivity index (χ0n) is 13.5. The van der Waals surface area contributed by atoms with Gasteiger partial charge in [0.2, 0.25) is 0 Å². The molecule has 2 rings (SSSR count). The topological polar surface area (TPSA) is 191 Å². The molecule has 0 saturated carbocycles. The number of rotatable bonds is 5. The molecule has 1 amide bonds. The summed E-state index contributed by atoms with van der Waals surface area (Å²) >= 11 is 4.87. The summed E-state index contributed by atoms with van der Waals surface area (Å²) in [7, 11) is 0. The van der Waals surface area contributed by atoms with Crippen molar-refractivity contribution in [3.63, 3.8) is 0 Å². The van der Waals surface area contributed by atoms with Crippen LogP contribution in [0.1, 0.15) is 10.4 Å². The molecule has 28 heavy (non-hydrogen) atoms. The second-order valence-corrected chi connectivity index (χ2v) is 5.53. The van der Waals surface area contributed by atoms with E-state index in [-0.39, 0.29) is 16.5 Å². The summed E-state index contributed by atoms with van der Waals surface area (Å²) in [6.45, 7) is 0. The fourth-order valence-corrected chi connectivity index (χ4v) is 2.21. The van der Waals surface area contributed by atoms with E-state index >= 15 is 0 Å². The van der Waals surface area contributed by atoms with E-state index in [9.17, 15) is 40.2 Å². The lowest BCUT2D eigenvalue weighted by atomic mass is 10.1. The van der Waals surface area contributed by atoms with E-state index in [1.165, 1.54) is 0 Å². The zero-order chi connectivity index (χ0) is 21.0. The molecule has 0 aromatic heterocycles. The Morgan fingerprint density at radius 1 is 0.893 bits per heavy atom. The predicted molar refractivity (Wildman–Crippen MR) is 98.2 cm³/mol. The highest BCUT2D eigenvalue weighted by Gasteiger charge is 2.20. The minimum absolute atomic E-state index is 0.0547. The molecule has 0 aliphatic carbocycles. The first-order valence-electron chi connectivity index (χ1n) is 7.12. The number of anilines is 1. The number of phenols is 1. The van der Waals surface area contributed by atoms with Gasteiger partial charge < -0.3 is 10.4 Å². The number of benzene rings is 2. The van der Waals surface area contributed by atoms with Gasteiger partial charge in [0.1, 0.15) is 5.75 Å². The second-order valence-electron chi connectivity index (χ2n) is 5.12. The van der Waals surface area contributed by atoms with E-state index in [2.05, 4.69) is 10.6 Å². The Morgan fingerprint density at radius 2 is 1.43 bits per heavy atom. The zero-order valence-corrected chi connectivity index (χ0v) is 14.3. The standard InChI is InChI=1S/C14H9N5O8S/c20-12-6-8(17(22)23)1-2-11(12)15-14(28)16-13(21)7-3-9(18(24)25)5-10(4-7)19(26)27/h1-6,20H,(H2,15,16,21,28).